The first kappa shape index (κ1) is 12.6. The molecule has 1 aromatic carbocycles. The Labute approximate surface area is 105 Å². The van der Waals surface area contributed by atoms with Crippen LogP contribution in [0.5, 0.6) is 0 Å². The molecule has 0 spiro atoms. The van der Waals surface area contributed by atoms with E-state index in [0.717, 1.165) is 6.54 Å². The average molecular weight is 232 g/mol. The molecule has 0 amide bonds. The largest absolute Gasteiger partial charge is 0.311 e. The molecular weight excluding hydrogens is 208 g/mol. The monoisotopic (exact) mass is 232 g/mol. The van der Waals surface area contributed by atoms with Crippen molar-refractivity contribution in [2.45, 2.75) is 32.2 Å². The maximum atomic E-state index is 3.61. The van der Waals surface area contributed by atoms with Crippen LogP contribution in [0.3, 0.4) is 0 Å². The zero-order chi connectivity index (χ0) is 11.9. The molecule has 2 nitrogen and oxygen atoms in total. The van der Waals surface area contributed by atoms with Gasteiger partial charge >= 0.3 is 0 Å². The Hall–Kier alpha value is -0.860. The van der Waals surface area contributed by atoms with Crippen molar-refractivity contribution in [3.63, 3.8) is 0 Å². The van der Waals surface area contributed by atoms with Crippen molar-refractivity contribution in [3.8, 4) is 0 Å². The lowest BCUT2D eigenvalue weighted by atomic mass is 10.1. The van der Waals surface area contributed by atoms with Gasteiger partial charge in [-0.15, -0.1) is 0 Å². The van der Waals surface area contributed by atoms with E-state index in [1.54, 1.807) is 0 Å². The predicted octanol–water partition coefficient (Wildman–Crippen LogP) is 2.30. The van der Waals surface area contributed by atoms with Gasteiger partial charge in [-0.2, -0.15) is 0 Å². The Balaban J connectivity index is 1.75. The van der Waals surface area contributed by atoms with E-state index in [9.17, 15) is 0 Å². The van der Waals surface area contributed by atoms with Crippen molar-refractivity contribution in [3.05, 3.63) is 35.9 Å². The van der Waals surface area contributed by atoms with Crippen LogP contribution < -0.4 is 5.32 Å². The Bertz CT molecular complexity index is 308. The standard InChI is InChI=1S/C15H24N2/c1-2-6-15-13-17(12-10-16-15)11-9-14-7-4-3-5-8-14/h3-5,7-8,15-16H,2,6,9-13H2,1H3. The van der Waals surface area contributed by atoms with Crippen molar-refractivity contribution in [1.29, 1.82) is 0 Å². The zero-order valence-corrected chi connectivity index (χ0v) is 10.9. The highest BCUT2D eigenvalue weighted by Gasteiger charge is 2.17. The number of piperazine rings is 1. The van der Waals surface area contributed by atoms with E-state index in [-0.39, 0.29) is 0 Å². The van der Waals surface area contributed by atoms with E-state index in [4.69, 9.17) is 0 Å². The highest BCUT2D eigenvalue weighted by molar-refractivity contribution is 5.14. The highest BCUT2D eigenvalue weighted by Crippen LogP contribution is 2.07. The summed E-state index contributed by atoms with van der Waals surface area (Å²) in [5.41, 5.74) is 1.46. The molecule has 0 aliphatic carbocycles. The Kier molecular flexibility index (Phi) is 5.02. The summed E-state index contributed by atoms with van der Waals surface area (Å²) in [5.74, 6) is 0. The van der Waals surface area contributed by atoms with E-state index in [1.165, 1.54) is 44.5 Å². The summed E-state index contributed by atoms with van der Waals surface area (Å²) in [4.78, 5) is 2.60. The van der Waals surface area contributed by atoms with Gasteiger partial charge in [0, 0.05) is 32.2 Å². The van der Waals surface area contributed by atoms with Gasteiger partial charge in [-0.05, 0) is 18.4 Å². The second-order valence-corrected chi connectivity index (χ2v) is 4.98. The summed E-state index contributed by atoms with van der Waals surface area (Å²) in [6.07, 6.45) is 3.77. The molecule has 94 valence electrons. The van der Waals surface area contributed by atoms with Gasteiger partial charge in [0.05, 0.1) is 0 Å². The molecule has 1 saturated heterocycles. The minimum Gasteiger partial charge on any atom is -0.311 e. The molecule has 1 aliphatic heterocycles. The summed E-state index contributed by atoms with van der Waals surface area (Å²) in [6, 6.07) is 11.5. The minimum atomic E-state index is 0.713. The second-order valence-electron chi connectivity index (χ2n) is 4.98. The van der Waals surface area contributed by atoms with Crippen LogP contribution in [0.15, 0.2) is 30.3 Å². The van der Waals surface area contributed by atoms with Crippen molar-refractivity contribution in [1.82, 2.24) is 10.2 Å². The average Bonchev–Trinajstić information content (AvgIpc) is 2.39. The third-order valence-corrected chi connectivity index (χ3v) is 3.54. The van der Waals surface area contributed by atoms with Crippen LogP contribution in [0.25, 0.3) is 0 Å². The molecule has 0 aromatic heterocycles. The van der Waals surface area contributed by atoms with Crippen LogP contribution in [-0.2, 0) is 6.42 Å². The summed E-state index contributed by atoms with van der Waals surface area (Å²) in [7, 11) is 0. The molecule has 1 unspecified atom stereocenters. The Morgan fingerprint density at radius 3 is 2.88 bits per heavy atom. The van der Waals surface area contributed by atoms with E-state index in [2.05, 4.69) is 47.5 Å². The number of hydrogen-bond acceptors (Lipinski definition) is 2. The molecule has 2 rings (SSSR count). The Morgan fingerprint density at radius 1 is 1.29 bits per heavy atom. The molecule has 1 aliphatic rings. The molecule has 1 atom stereocenters. The molecule has 0 bridgehead atoms. The first-order valence-electron chi connectivity index (χ1n) is 6.88. The highest BCUT2D eigenvalue weighted by atomic mass is 15.2. The number of benzene rings is 1. The molecule has 17 heavy (non-hydrogen) atoms. The van der Waals surface area contributed by atoms with E-state index in [1.807, 2.05) is 0 Å². The van der Waals surface area contributed by atoms with Crippen LogP contribution in [0.4, 0.5) is 0 Å². The number of nitrogens with one attached hydrogen (secondary N) is 1. The van der Waals surface area contributed by atoms with Crippen LogP contribution in [0.1, 0.15) is 25.3 Å². The lowest BCUT2D eigenvalue weighted by Crippen LogP contribution is -2.50. The van der Waals surface area contributed by atoms with Crippen molar-refractivity contribution < 1.29 is 0 Å². The summed E-state index contributed by atoms with van der Waals surface area (Å²) >= 11 is 0. The molecule has 1 heterocycles. The Morgan fingerprint density at radius 2 is 2.12 bits per heavy atom. The van der Waals surface area contributed by atoms with Gasteiger partial charge < -0.3 is 10.2 Å². The van der Waals surface area contributed by atoms with E-state index < -0.39 is 0 Å². The predicted molar refractivity (Wildman–Crippen MR) is 73.3 cm³/mol. The molecule has 2 heteroatoms. The van der Waals surface area contributed by atoms with Gasteiger partial charge in [-0.25, -0.2) is 0 Å². The maximum Gasteiger partial charge on any atom is 0.0195 e. The topological polar surface area (TPSA) is 15.3 Å². The third kappa shape index (κ3) is 4.14. The first-order valence-corrected chi connectivity index (χ1v) is 6.88. The van der Waals surface area contributed by atoms with Gasteiger partial charge in [0.15, 0.2) is 0 Å². The smallest absolute Gasteiger partial charge is 0.0195 e. The fourth-order valence-corrected chi connectivity index (χ4v) is 2.57. The SMILES string of the molecule is CCCC1CN(CCc2ccccc2)CCN1. The summed E-state index contributed by atoms with van der Waals surface area (Å²) in [6.45, 7) is 7.05. The minimum absolute atomic E-state index is 0.713. The lowest BCUT2D eigenvalue weighted by Gasteiger charge is -2.33. The quantitative estimate of drug-likeness (QED) is 0.838. The molecule has 1 aromatic rings. The van der Waals surface area contributed by atoms with Gasteiger partial charge in [0.2, 0.25) is 0 Å². The van der Waals surface area contributed by atoms with Crippen molar-refractivity contribution in [2.24, 2.45) is 0 Å². The van der Waals surface area contributed by atoms with Crippen LogP contribution in [0.2, 0.25) is 0 Å². The van der Waals surface area contributed by atoms with Crippen LogP contribution in [0, 0.1) is 0 Å². The van der Waals surface area contributed by atoms with Crippen molar-refractivity contribution >= 4 is 0 Å². The fraction of sp³-hybridized carbons (Fsp3) is 0.600. The molecule has 0 saturated carbocycles. The molecule has 1 fully saturated rings. The van der Waals surface area contributed by atoms with E-state index >= 15 is 0 Å². The number of rotatable bonds is 5. The lowest BCUT2D eigenvalue weighted by molar-refractivity contribution is 0.196. The second kappa shape index (κ2) is 6.77. The molecule has 0 radical (unpaired) electrons. The first-order chi connectivity index (χ1) is 8.38. The summed E-state index contributed by atoms with van der Waals surface area (Å²) in [5, 5.41) is 3.61. The van der Waals surface area contributed by atoms with Gasteiger partial charge in [0.1, 0.15) is 0 Å². The zero-order valence-electron chi connectivity index (χ0n) is 10.9. The van der Waals surface area contributed by atoms with Crippen LogP contribution in [-0.4, -0.2) is 37.1 Å². The fourth-order valence-electron chi connectivity index (χ4n) is 2.57. The third-order valence-electron chi connectivity index (χ3n) is 3.54. The van der Waals surface area contributed by atoms with Gasteiger partial charge in [-0.1, -0.05) is 43.7 Å². The normalized spacial score (nSPS) is 21.6. The van der Waals surface area contributed by atoms with Gasteiger partial charge in [0.25, 0.3) is 0 Å². The number of hydrogen-bond donors (Lipinski definition) is 1. The van der Waals surface area contributed by atoms with E-state index in [0.29, 0.717) is 6.04 Å². The molecular formula is C15H24N2. The van der Waals surface area contributed by atoms with Gasteiger partial charge in [-0.3, -0.25) is 0 Å². The van der Waals surface area contributed by atoms with Crippen molar-refractivity contribution in [2.75, 3.05) is 26.2 Å². The molecule has 1 N–H and O–H groups in total. The summed E-state index contributed by atoms with van der Waals surface area (Å²) < 4.78 is 0. The number of nitrogens with zero attached hydrogens (tertiary/aromatic N) is 1. The maximum absolute atomic E-state index is 3.61. The van der Waals surface area contributed by atoms with Crippen LogP contribution >= 0.6 is 0 Å².